The minimum Gasteiger partial charge on any atom is -0.357 e. The van der Waals surface area contributed by atoms with Crippen LogP contribution in [0.3, 0.4) is 0 Å². The molecule has 1 aromatic rings. The summed E-state index contributed by atoms with van der Waals surface area (Å²) in [7, 11) is -0.687. The summed E-state index contributed by atoms with van der Waals surface area (Å²) in [6.07, 6.45) is 4.35. The van der Waals surface area contributed by atoms with Crippen LogP contribution >= 0.6 is 51.2 Å². The van der Waals surface area contributed by atoms with Crippen LogP contribution in [0.1, 0.15) is 44.4 Å². The molecule has 8 heteroatoms. The van der Waals surface area contributed by atoms with E-state index in [1.807, 2.05) is 6.92 Å². The van der Waals surface area contributed by atoms with Crippen molar-refractivity contribution in [3.05, 3.63) is 20.8 Å². The highest BCUT2D eigenvalue weighted by Crippen LogP contribution is 2.24. The summed E-state index contributed by atoms with van der Waals surface area (Å²) in [5.41, 5.74) is 0. The minimum absolute atomic E-state index is 0. The standard InChI is InChI=1S/C16H26BrN3OS2.HI/c1-3-18-16(19-11-13-8-9-15(17)22-13)20-12-6-5-7-14(10-12)23(21)4-2;/h8-9,12,14H,3-7,10-11H2,1-2H3,(H2,18,19,20);1H. The first-order chi connectivity index (χ1) is 11.1. The third kappa shape index (κ3) is 7.29. The second-order valence-electron chi connectivity index (χ2n) is 5.70. The van der Waals surface area contributed by atoms with Crippen molar-refractivity contribution < 1.29 is 4.21 Å². The van der Waals surface area contributed by atoms with Gasteiger partial charge in [-0.3, -0.25) is 4.21 Å². The third-order valence-electron chi connectivity index (χ3n) is 3.99. The Kier molecular flexibility index (Phi) is 11.0. The molecule has 3 atom stereocenters. The fraction of sp³-hybridized carbons (Fsp3) is 0.688. The van der Waals surface area contributed by atoms with E-state index in [1.54, 1.807) is 11.3 Å². The average molecular weight is 548 g/mol. The van der Waals surface area contributed by atoms with E-state index >= 15 is 0 Å². The van der Waals surface area contributed by atoms with Gasteiger partial charge in [-0.1, -0.05) is 13.3 Å². The molecule has 1 aliphatic carbocycles. The molecule has 0 aliphatic heterocycles. The maximum atomic E-state index is 12.1. The van der Waals surface area contributed by atoms with Crippen LogP contribution in [0.25, 0.3) is 0 Å². The minimum atomic E-state index is -0.687. The van der Waals surface area contributed by atoms with Crippen molar-refractivity contribution in [1.29, 1.82) is 0 Å². The van der Waals surface area contributed by atoms with Gasteiger partial charge in [0.15, 0.2) is 5.96 Å². The highest BCUT2D eigenvalue weighted by molar-refractivity contribution is 14.0. The van der Waals surface area contributed by atoms with Crippen molar-refractivity contribution in [3.63, 3.8) is 0 Å². The maximum absolute atomic E-state index is 12.1. The van der Waals surface area contributed by atoms with Crippen LogP contribution in [0, 0.1) is 0 Å². The first-order valence-corrected chi connectivity index (χ1v) is 11.3. The SMILES string of the molecule is CCNC(=NCc1ccc(Br)s1)NC1CCCC(S(=O)CC)C1.I. The summed E-state index contributed by atoms with van der Waals surface area (Å²) in [6, 6.07) is 4.53. The summed E-state index contributed by atoms with van der Waals surface area (Å²) in [5, 5.41) is 7.20. The monoisotopic (exact) mass is 547 g/mol. The van der Waals surface area contributed by atoms with Crippen molar-refractivity contribution >= 4 is 68.0 Å². The second-order valence-corrected chi connectivity index (χ2v) is 10.3. The molecule has 1 saturated carbocycles. The smallest absolute Gasteiger partial charge is 0.191 e. The van der Waals surface area contributed by atoms with E-state index in [-0.39, 0.29) is 24.0 Å². The fourth-order valence-electron chi connectivity index (χ4n) is 2.86. The summed E-state index contributed by atoms with van der Waals surface area (Å²) in [4.78, 5) is 5.93. The number of hydrogen-bond donors (Lipinski definition) is 2. The Morgan fingerprint density at radius 1 is 1.42 bits per heavy atom. The first kappa shape index (κ1) is 22.4. The number of thiophene rings is 1. The lowest BCUT2D eigenvalue weighted by Crippen LogP contribution is -2.46. The number of hydrogen-bond acceptors (Lipinski definition) is 3. The Labute approximate surface area is 177 Å². The van der Waals surface area contributed by atoms with Gasteiger partial charge >= 0.3 is 0 Å². The molecule has 0 amide bonds. The van der Waals surface area contributed by atoms with Gasteiger partial charge < -0.3 is 10.6 Å². The zero-order chi connectivity index (χ0) is 16.7. The number of guanidine groups is 1. The zero-order valence-corrected chi connectivity index (χ0v) is 19.8. The van der Waals surface area contributed by atoms with Crippen LogP contribution in [-0.4, -0.2) is 33.8 Å². The largest absolute Gasteiger partial charge is 0.357 e. The number of nitrogens with zero attached hydrogens (tertiary/aromatic N) is 1. The number of nitrogens with one attached hydrogen (secondary N) is 2. The molecule has 0 radical (unpaired) electrons. The van der Waals surface area contributed by atoms with Gasteiger partial charge in [0.2, 0.25) is 0 Å². The molecule has 1 heterocycles. The highest BCUT2D eigenvalue weighted by Gasteiger charge is 2.25. The van der Waals surface area contributed by atoms with Crippen LogP contribution in [0.15, 0.2) is 20.9 Å². The van der Waals surface area contributed by atoms with E-state index in [0.29, 0.717) is 17.8 Å². The molecular formula is C16H27BrIN3OS2. The molecule has 0 spiro atoms. The molecule has 4 nitrogen and oxygen atoms in total. The van der Waals surface area contributed by atoms with Gasteiger partial charge in [-0.2, -0.15) is 0 Å². The topological polar surface area (TPSA) is 53.5 Å². The molecular weight excluding hydrogens is 521 g/mol. The van der Waals surface area contributed by atoms with E-state index in [9.17, 15) is 4.21 Å². The Morgan fingerprint density at radius 3 is 2.83 bits per heavy atom. The van der Waals surface area contributed by atoms with Crippen LogP contribution < -0.4 is 10.6 Å². The molecule has 1 aliphatic rings. The molecule has 1 aromatic heterocycles. The van der Waals surface area contributed by atoms with Gasteiger partial charge in [0.25, 0.3) is 0 Å². The van der Waals surface area contributed by atoms with Crippen molar-refractivity contribution in [1.82, 2.24) is 10.6 Å². The molecule has 1 fully saturated rings. The predicted octanol–water partition coefficient (Wildman–Crippen LogP) is 4.26. The quantitative estimate of drug-likeness (QED) is 0.318. The van der Waals surface area contributed by atoms with Crippen LogP contribution in [0.2, 0.25) is 0 Å². The van der Waals surface area contributed by atoms with E-state index in [2.05, 4.69) is 50.6 Å². The summed E-state index contributed by atoms with van der Waals surface area (Å²) >= 11 is 5.20. The number of aliphatic imine (C=N–C) groups is 1. The summed E-state index contributed by atoms with van der Waals surface area (Å²) < 4.78 is 13.2. The molecule has 24 heavy (non-hydrogen) atoms. The molecule has 0 saturated heterocycles. The van der Waals surface area contributed by atoms with Crippen LogP contribution in [-0.2, 0) is 17.3 Å². The molecule has 138 valence electrons. The number of halogens is 2. The van der Waals surface area contributed by atoms with Gasteiger partial charge in [0.1, 0.15) is 0 Å². The van der Waals surface area contributed by atoms with Gasteiger partial charge in [0, 0.05) is 39.3 Å². The van der Waals surface area contributed by atoms with Gasteiger partial charge in [-0.15, -0.1) is 35.3 Å². The van der Waals surface area contributed by atoms with Crippen LogP contribution in [0.5, 0.6) is 0 Å². The van der Waals surface area contributed by atoms with E-state index < -0.39 is 10.8 Å². The van der Waals surface area contributed by atoms with Crippen LogP contribution in [0.4, 0.5) is 0 Å². The third-order valence-corrected chi connectivity index (χ3v) is 7.34. The van der Waals surface area contributed by atoms with E-state index in [0.717, 1.165) is 47.7 Å². The second kappa shape index (κ2) is 11.9. The Balaban J connectivity index is 0.00000288. The Hall–Kier alpha value is 0.330. The Bertz CT molecular complexity index is 553. The summed E-state index contributed by atoms with van der Waals surface area (Å²) in [5.74, 6) is 1.63. The molecule has 2 N–H and O–H groups in total. The molecule has 3 unspecified atom stereocenters. The van der Waals surface area contributed by atoms with Crippen molar-refractivity contribution in [2.75, 3.05) is 12.3 Å². The Morgan fingerprint density at radius 2 is 2.21 bits per heavy atom. The molecule has 0 aromatic carbocycles. The van der Waals surface area contributed by atoms with E-state index in [4.69, 9.17) is 0 Å². The van der Waals surface area contributed by atoms with Crippen molar-refractivity contribution in [2.45, 2.75) is 57.4 Å². The zero-order valence-electron chi connectivity index (χ0n) is 14.2. The lowest BCUT2D eigenvalue weighted by atomic mass is 9.95. The molecule has 2 rings (SSSR count). The fourth-order valence-corrected chi connectivity index (χ4v) is 5.61. The van der Waals surface area contributed by atoms with Gasteiger partial charge in [-0.05, 0) is 54.2 Å². The predicted molar refractivity (Wildman–Crippen MR) is 120 cm³/mol. The highest BCUT2D eigenvalue weighted by atomic mass is 127. The lowest BCUT2D eigenvalue weighted by Gasteiger charge is -2.30. The summed E-state index contributed by atoms with van der Waals surface area (Å²) in [6.45, 7) is 5.62. The normalized spacial score (nSPS) is 22.5. The van der Waals surface area contributed by atoms with E-state index in [1.165, 1.54) is 4.88 Å². The molecule has 0 bridgehead atoms. The van der Waals surface area contributed by atoms with Gasteiger partial charge in [-0.25, -0.2) is 4.99 Å². The lowest BCUT2D eigenvalue weighted by molar-refractivity contribution is 0.413. The van der Waals surface area contributed by atoms with Gasteiger partial charge in [0.05, 0.1) is 10.3 Å². The van der Waals surface area contributed by atoms with Crippen molar-refractivity contribution in [3.8, 4) is 0 Å². The average Bonchev–Trinajstić information content (AvgIpc) is 2.98. The number of rotatable bonds is 6. The maximum Gasteiger partial charge on any atom is 0.191 e. The van der Waals surface area contributed by atoms with Crippen molar-refractivity contribution in [2.24, 2.45) is 4.99 Å². The first-order valence-electron chi connectivity index (χ1n) is 8.28.